The van der Waals surface area contributed by atoms with Crippen molar-refractivity contribution in [3.05, 3.63) is 42.5 Å². The molecular formula is C18H17N5O2. The van der Waals surface area contributed by atoms with E-state index in [1.54, 1.807) is 12.4 Å². The van der Waals surface area contributed by atoms with E-state index in [9.17, 15) is 5.11 Å². The fraction of sp³-hybridized carbons (Fsp3) is 0.278. The monoisotopic (exact) mass is 335 g/mol. The van der Waals surface area contributed by atoms with E-state index in [1.165, 1.54) is 0 Å². The molecule has 0 atom stereocenters. The highest BCUT2D eigenvalue weighted by Crippen LogP contribution is 2.20. The van der Waals surface area contributed by atoms with Crippen LogP contribution in [0.4, 0.5) is 5.95 Å². The van der Waals surface area contributed by atoms with Gasteiger partial charge in [-0.25, -0.2) is 9.97 Å². The van der Waals surface area contributed by atoms with Gasteiger partial charge in [0.15, 0.2) is 0 Å². The normalized spacial score (nSPS) is 16.4. The molecule has 0 saturated carbocycles. The lowest BCUT2D eigenvalue weighted by Crippen LogP contribution is -2.34. The van der Waals surface area contributed by atoms with E-state index in [0.717, 1.165) is 16.7 Å². The SMILES string of the molecule is Nc1ncc2ccn(-c3ccnc(C#CC4(O)CCOCC4)c3)c2n1. The number of nitrogen functional groups attached to an aromatic ring is 1. The molecule has 126 valence electrons. The summed E-state index contributed by atoms with van der Waals surface area (Å²) in [5.41, 5.74) is 6.87. The van der Waals surface area contributed by atoms with Crippen molar-refractivity contribution in [2.24, 2.45) is 0 Å². The van der Waals surface area contributed by atoms with Gasteiger partial charge < -0.3 is 20.1 Å². The first-order valence-corrected chi connectivity index (χ1v) is 8.02. The summed E-state index contributed by atoms with van der Waals surface area (Å²) < 4.78 is 7.17. The molecule has 7 heteroatoms. The predicted octanol–water partition coefficient (Wildman–Crippen LogP) is 1.29. The predicted molar refractivity (Wildman–Crippen MR) is 93.0 cm³/mol. The Hall–Kier alpha value is -2.95. The van der Waals surface area contributed by atoms with Gasteiger partial charge >= 0.3 is 0 Å². The quantitative estimate of drug-likeness (QED) is 0.650. The summed E-state index contributed by atoms with van der Waals surface area (Å²) in [7, 11) is 0. The Balaban J connectivity index is 1.69. The maximum absolute atomic E-state index is 10.4. The Morgan fingerprint density at radius 2 is 2.08 bits per heavy atom. The fourth-order valence-electron chi connectivity index (χ4n) is 2.79. The van der Waals surface area contributed by atoms with Crippen LogP contribution in [-0.2, 0) is 4.74 Å². The summed E-state index contributed by atoms with van der Waals surface area (Å²) in [5, 5.41) is 11.3. The highest BCUT2D eigenvalue weighted by Gasteiger charge is 2.27. The lowest BCUT2D eigenvalue weighted by atomic mass is 9.95. The Bertz CT molecular complexity index is 980. The molecule has 3 N–H and O–H groups in total. The van der Waals surface area contributed by atoms with Crippen molar-refractivity contribution in [2.75, 3.05) is 18.9 Å². The molecule has 25 heavy (non-hydrogen) atoms. The summed E-state index contributed by atoms with van der Waals surface area (Å²) in [4.78, 5) is 12.6. The number of anilines is 1. The molecule has 4 rings (SSSR count). The van der Waals surface area contributed by atoms with Gasteiger partial charge in [0.05, 0.1) is 18.9 Å². The fourth-order valence-corrected chi connectivity index (χ4v) is 2.79. The van der Waals surface area contributed by atoms with Crippen LogP contribution >= 0.6 is 0 Å². The van der Waals surface area contributed by atoms with Crippen LogP contribution in [0.5, 0.6) is 0 Å². The molecule has 0 spiro atoms. The number of fused-ring (bicyclic) bond motifs is 1. The molecule has 1 aliphatic rings. The number of ether oxygens (including phenoxy) is 1. The van der Waals surface area contributed by atoms with Crippen molar-refractivity contribution in [2.45, 2.75) is 18.4 Å². The number of pyridine rings is 1. The number of hydrogen-bond donors (Lipinski definition) is 2. The highest BCUT2D eigenvalue weighted by molar-refractivity contribution is 5.78. The molecule has 7 nitrogen and oxygen atoms in total. The molecule has 0 unspecified atom stereocenters. The van der Waals surface area contributed by atoms with Gasteiger partial charge in [-0.05, 0) is 24.1 Å². The van der Waals surface area contributed by atoms with E-state index in [4.69, 9.17) is 10.5 Å². The molecule has 1 saturated heterocycles. The molecule has 0 aromatic carbocycles. The second-order valence-electron chi connectivity index (χ2n) is 5.99. The van der Waals surface area contributed by atoms with Gasteiger partial charge in [-0.2, -0.15) is 4.98 Å². The van der Waals surface area contributed by atoms with Crippen LogP contribution < -0.4 is 5.73 Å². The van der Waals surface area contributed by atoms with Gasteiger partial charge in [0.1, 0.15) is 16.9 Å². The molecule has 1 aliphatic heterocycles. The van der Waals surface area contributed by atoms with Crippen LogP contribution in [0.3, 0.4) is 0 Å². The first kappa shape index (κ1) is 15.6. The molecule has 0 aliphatic carbocycles. The number of rotatable bonds is 1. The zero-order valence-electron chi connectivity index (χ0n) is 13.5. The maximum atomic E-state index is 10.4. The maximum Gasteiger partial charge on any atom is 0.221 e. The van der Waals surface area contributed by atoms with Crippen LogP contribution in [0.2, 0.25) is 0 Å². The van der Waals surface area contributed by atoms with Gasteiger partial charge in [-0.1, -0.05) is 5.92 Å². The molecule has 0 radical (unpaired) electrons. The van der Waals surface area contributed by atoms with Gasteiger partial charge in [-0.15, -0.1) is 0 Å². The molecule has 3 aromatic rings. The van der Waals surface area contributed by atoms with E-state index in [1.807, 2.05) is 29.0 Å². The lowest BCUT2D eigenvalue weighted by Gasteiger charge is -2.26. The number of aromatic nitrogens is 4. The zero-order chi connectivity index (χ0) is 17.3. The van der Waals surface area contributed by atoms with Crippen LogP contribution in [-0.4, -0.2) is 43.4 Å². The second kappa shape index (κ2) is 6.16. The largest absolute Gasteiger partial charge is 0.381 e. The van der Waals surface area contributed by atoms with E-state index >= 15 is 0 Å². The van der Waals surface area contributed by atoms with E-state index < -0.39 is 5.60 Å². The first-order valence-electron chi connectivity index (χ1n) is 8.02. The first-order chi connectivity index (χ1) is 12.1. The van der Waals surface area contributed by atoms with Gasteiger partial charge in [0.2, 0.25) is 5.95 Å². The van der Waals surface area contributed by atoms with Gasteiger partial charge in [0, 0.05) is 36.8 Å². The number of hydrogen-bond acceptors (Lipinski definition) is 6. The number of nitrogens with zero attached hydrogens (tertiary/aromatic N) is 4. The minimum Gasteiger partial charge on any atom is -0.381 e. The topological polar surface area (TPSA) is 99.1 Å². The van der Waals surface area contributed by atoms with Crippen molar-refractivity contribution in [1.29, 1.82) is 0 Å². The van der Waals surface area contributed by atoms with Crippen molar-refractivity contribution >= 4 is 17.0 Å². The van der Waals surface area contributed by atoms with Crippen molar-refractivity contribution in [3.8, 4) is 17.5 Å². The van der Waals surface area contributed by atoms with Crippen LogP contribution in [0, 0.1) is 11.8 Å². The molecule has 3 aromatic heterocycles. The zero-order valence-corrected chi connectivity index (χ0v) is 13.5. The summed E-state index contributed by atoms with van der Waals surface area (Å²) in [5.74, 6) is 6.15. The van der Waals surface area contributed by atoms with Crippen molar-refractivity contribution in [1.82, 2.24) is 19.5 Å². The third-order valence-corrected chi connectivity index (χ3v) is 4.21. The smallest absolute Gasteiger partial charge is 0.221 e. The Kier molecular flexibility index (Phi) is 3.84. The molecule has 0 bridgehead atoms. The molecule has 1 fully saturated rings. The number of nitrogens with two attached hydrogens (primary N) is 1. The van der Waals surface area contributed by atoms with Crippen LogP contribution in [0.1, 0.15) is 18.5 Å². The van der Waals surface area contributed by atoms with Crippen molar-refractivity contribution < 1.29 is 9.84 Å². The lowest BCUT2D eigenvalue weighted by molar-refractivity contribution is -0.0262. The highest BCUT2D eigenvalue weighted by atomic mass is 16.5. The summed E-state index contributed by atoms with van der Waals surface area (Å²) in [6.45, 7) is 1.05. The van der Waals surface area contributed by atoms with Crippen molar-refractivity contribution in [3.63, 3.8) is 0 Å². The van der Waals surface area contributed by atoms with E-state index in [0.29, 0.717) is 31.7 Å². The Morgan fingerprint density at radius 1 is 1.24 bits per heavy atom. The average molecular weight is 335 g/mol. The molecular weight excluding hydrogens is 318 g/mol. The average Bonchev–Trinajstić information content (AvgIpc) is 3.04. The summed E-state index contributed by atoms with van der Waals surface area (Å²) in [6, 6.07) is 5.64. The Morgan fingerprint density at radius 3 is 2.92 bits per heavy atom. The molecule has 0 amide bonds. The van der Waals surface area contributed by atoms with Gasteiger partial charge in [-0.3, -0.25) is 0 Å². The standard InChI is InChI=1S/C18H17N5O2/c19-17-21-12-13-3-8-23(16(13)22-17)15-2-7-20-14(11-15)1-4-18(24)5-9-25-10-6-18/h2-3,7-8,11-12,24H,5-6,9-10H2,(H2,19,21,22). The second-order valence-corrected chi connectivity index (χ2v) is 5.99. The summed E-state index contributed by atoms with van der Waals surface area (Å²) in [6.07, 6.45) is 6.30. The van der Waals surface area contributed by atoms with Gasteiger partial charge in [0.25, 0.3) is 0 Å². The van der Waals surface area contributed by atoms with Crippen LogP contribution in [0.25, 0.3) is 16.7 Å². The van der Waals surface area contributed by atoms with E-state index in [-0.39, 0.29) is 5.95 Å². The minimum atomic E-state index is -1.00. The van der Waals surface area contributed by atoms with Crippen LogP contribution in [0.15, 0.2) is 36.8 Å². The molecule has 4 heterocycles. The third kappa shape index (κ3) is 3.18. The number of aliphatic hydroxyl groups is 1. The summed E-state index contributed by atoms with van der Waals surface area (Å²) >= 11 is 0. The minimum absolute atomic E-state index is 0.225. The Labute approximate surface area is 144 Å². The third-order valence-electron chi connectivity index (χ3n) is 4.21. The van der Waals surface area contributed by atoms with E-state index in [2.05, 4.69) is 26.8 Å².